The fourth-order valence-corrected chi connectivity index (χ4v) is 0.801. The molecule has 0 radical (unpaired) electrons. The summed E-state index contributed by atoms with van der Waals surface area (Å²) >= 11 is 0. The molecule has 0 amide bonds. The van der Waals surface area contributed by atoms with Gasteiger partial charge in [-0.1, -0.05) is 0 Å². The van der Waals surface area contributed by atoms with E-state index in [1.54, 1.807) is 4.98 Å². The SMILES string of the molecule is Cn1c(N)c([N+](=O)[O-])c(=O)[nH]c1=O. The zero-order valence-electron chi connectivity index (χ0n) is 6.60. The minimum Gasteiger partial charge on any atom is -0.379 e. The van der Waals surface area contributed by atoms with Crippen molar-refractivity contribution in [1.82, 2.24) is 9.55 Å². The minimum absolute atomic E-state index is 0.459. The molecule has 0 saturated heterocycles. The van der Waals surface area contributed by atoms with Crippen LogP contribution in [0.25, 0.3) is 0 Å². The zero-order chi connectivity index (χ0) is 10.2. The van der Waals surface area contributed by atoms with Gasteiger partial charge >= 0.3 is 16.9 Å². The largest absolute Gasteiger partial charge is 0.379 e. The number of anilines is 1. The normalized spacial score (nSPS) is 9.92. The minimum atomic E-state index is -1.09. The highest BCUT2D eigenvalue weighted by Gasteiger charge is 2.20. The predicted octanol–water partition coefficient (Wildman–Crippen LogP) is -1.44. The maximum atomic E-state index is 10.9. The molecule has 8 nitrogen and oxygen atoms in total. The highest BCUT2D eigenvalue weighted by molar-refractivity contribution is 5.50. The Balaban J connectivity index is 3.73. The summed E-state index contributed by atoms with van der Waals surface area (Å²) in [5, 5.41) is 10.3. The molecular weight excluding hydrogens is 180 g/mol. The standard InChI is InChI=1S/C5H6N4O4/c1-8-3(6)2(9(12)13)4(10)7-5(8)11/h6H2,1H3,(H,7,10,11). The molecule has 0 atom stereocenters. The molecule has 0 saturated carbocycles. The van der Waals surface area contributed by atoms with E-state index in [0.717, 1.165) is 4.57 Å². The third-order valence-electron chi connectivity index (χ3n) is 1.53. The summed E-state index contributed by atoms with van der Waals surface area (Å²) < 4.78 is 0.791. The lowest BCUT2D eigenvalue weighted by Gasteiger charge is -2.00. The van der Waals surface area contributed by atoms with E-state index in [1.165, 1.54) is 7.05 Å². The van der Waals surface area contributed by atoms with Gasteiger partial charge in [0.2, 0.25) is 0 Å². The zero-order valence-corrected chi connectivity index (χ0v) is 6.60. The van der Waals surface area contributed by atoms with Crippen LogP contribution in [0.1, 0.15) is 0 Å². The topological polar surface area (TPSA) is 124 Å². The number of aromatic nitrogens is 2. The lowest BCUT2D eigenvalue weighted by atomic mass is 10.5. The molecule has 1 heterocycles. The third-order valence-corrected chi connectivity index (χ3v) is 1.53. The first kappa shape index (κ1) is 8.97. The molecule has 0 unspecified atom stereocenters. The van der Waals surface area contributed by atoms with E-state index >= 15 is 0 Å². The summed E-state index contributed by atoms with van der Waals surface area (Å²) in [4.78, 5) is 32.8. The van der Waals surface area contributed by atoms with Crippen molar-refractivity contribution in [2.75, 3.05) is 5.73 Å². The van der Waals surface area contributed by atoms with Gasteiger partial charge in [-0.15, -0.1) is 0 Å². The van der Waals surface area contributed by atoms with Crippen molar-refractivity contribution in [2.45, 2.75) is 0 Å². The number of hydrogen-bond donors (Lipinski definition) is 2. The van der Waals surface area contributed by atoms with Crippen LogP contribution >= 0.6 is 0 Å². The Bertz CT molecular complexity index is 470. The summed E-state index contributed by atoms with van der Waals surface area (Å²) in [5.41, 5.74) is 2.49. The second-order valence-electron chi connectivity index (χ2n) is 2.31. The van der Waals surface area contributed by atoms with Crippen LogP contribution in [-0.4, -0.2) is 14.5 Å². The van der Waals surface area contributed by atoms with Gasteiger partial charge in [0.25, 0.3) is 0 Å². The first-order valence-corrected chi connectivity index (χ1v) is 3.18. The van der Waals surface area contributed by atoms with Crippen molar-refractivity contribution in [3.05, 3.63) is 31.0 Å². The molecular formula is C5H6N4O4. The Morgan fingerprint density at radius 1 is 1.54 bits per heavy atom. The molecule has 8 heteroatoms. The van der Waals surface area contributed by atoms with Crippen LogP contribution in [0.3, 0.4) is 0 Å². The third kappa shape index (κ3) is 1.28. The van der Waals surface area contributed by atoms with Crippen molar-refractivity contribution in [1.29, 1.82) is 0 Å². The number of rotatable bonds is 1. The monoisotopic (exact) mass is 186 g/mol. The predicted molar refractivity (Wildman–Crippen MR) is 43.4 cm³/mol. The van der Waals surface area contributed by atoms with Crippen LogP contribution in [-0.2, 0) is 7.05 Å². The van der Waals surface area contributed by atoms with Crippen LogP contribution in [0.4, 0.5) is 11.5 Å². The van der Waals surface area contributed by atoms with Crippen LogP contribution in [0.2, 0.25) is 0 Å². The molecule has 3 N–H and O–H groups in total. The van der Waals surface area contributed by atoms with Gasteiger partial charge < -0.3 is 5.73 Å². The van der Waals surface area contributed by atoms with Gasteiger partial charge in [-0.05, 0) is 0 Å². The van der Waals surface area contributed by atoms with Gasteiger partial charge in [0, 0.05) is 7.05 Å². The fourth-order valence-electron chi connectivity index (χ4n) is 0.801. The summed E-state index contributed by atoms with van der Waals surface area (Å²) in [6.07, 6.45) is 0. The molecule has 70 valence electrons. The van der Waals surface area contributed by atoms with E-state index < -0.39 is 27.7 Å². The van der Waals surface area contributed by atoms with E-state index in [0.29, 0.717) is 0 Å². The highest BCUT2D eigenvalue weighted by atomic mass is 16.6. The van der Waals surface area contributed by atoms with E-state index in [9.17, 15) is 19.7 Å². The van der Waals surface area contributed by atoms with Crippen molar-refractivity contribution in [3.8, 4) is 0 Å². The molecule has 1 aromatic rings. The quantitative estimate of drug-likeness (QED) is 0.410. The van der Waals surface area contributed by atoms with Crippen molar-refractivity contribution in [2.24, 2.45) is 7.05 Å². The lowest BCUT2D eigenvalue weighted by molar-refractivity contribution is -0.385. The van der Waals surface area contributed by atoms with Crippen LogP contribution in [0.15, 0.2) is 9.59 Å². The number of hydrogen-bond acceptors (Lipinski definition) is 5. The number of nitrogens with one attached hydrogen (secondary N) is 1. The second kappa shape index (κ2) is 2.73. The van der Waals surface area contributed by atoms with Gasteiger partial charge in [-0.2, -0.15) is 0 Å². The van der Waals surface area contributed by atoms with Crippen LogP contribution in [0.5, 0.6) is 0 Å². The highest BCUT2D eigenvalue weighted by Crippen LogP contribution is 2.10. The summed E-state index contributed by atoms with van der Waals surface area (Å²) in [6, 6.07) is 0. The van der Waals surface area contributed by atoms with Gasteiger partial charge in [-0.3, -0.25) is 24.5 Å². The van der Waals surface area contributed by atoms with Gasteiger partial charge in [0.1, 0.15) is 0 Å². The Labute approximate surface area is 70.8 Å². The van der Waals surface area contributed by atoms with E-state index in [1.807, 2.05) is 0 Å². The number of nitrogens with two attached hydrogens (primary N) is 1. The Morgan fingerprint density at radius 2 is 2.08 bits per heavy atom. The maximum absolute atomic E-state index is 10.9. The molecule has 0 spiro atoms. The Hall–Kier alpha value is -2.12. The van der Waals surface area contributed by atoms with E-state index in [2.05, 4.69) is 0 Å². The van der Waals surface area contributed by atoms with E-state index in [4.69, 9.17) is 5.73 Å². The average molecular weight is 186 g/mol. The number of nitrogens with zero attached hydrogens (tertiary/aromatic N) is 2. The Kier molecular flexibility index (Phi) is 1.89. The molecule has 1 rings (SSSR count). The summed E-state index contributed by atoms with van der Waals surface area (Å²) in [5.74, 6) is -0.459. The molecule has 0 aliphatic rings. The first-order chi connectivity index (χ1) is 5.95. The summed E-state index contributed by atoms with van der Waals surface area (Å²) in [7, 11) is 1.22. The molecule has 1 aromatic heterocycles. The Morgan fingerprint density at radius 3 is 2.54 bits per heavy atom. The molecule has 0 aliphatic carbocycles. The molecule has 0 fully saturated rings. The van der Waals surface area contributed by atoms with Gasteiger partial charge in [0.05, 0.1) is 4.92 Å². The van der Waals surface area contributed by atoms with Crippen LogP contribution < -0.4 is 17.0 Å². The summed E-state index contributed by atoms with van der Waals surface area (Å²) in [6.45, 7) is 0. The molecule has 13 heavy (non-hydrogen) atoms. The number of aromatic amines is 1. The molecule has 0 aromatic carbocycles. The number of nitrogen functional groups attached to an aromatic ring is 1. The second-order valence-corrected chi connectivity index (χ2v) is 2.31. The first-order valence-electron chi connectivity index (χ1n) is 3.18. The number of H-pyrrole nitrogens is 1. The van der Waals surface area contributed by atoms with Gasteiger partial charge in [-0.25, -0.2) is 4.79 Å². The molecule has 0 aliphatic heterocycles. The lowest BCUT2D eigenvalue weighted by Crippen LogP contribution is -2.31. The average Bonchev–Trinajstić information content (AvgIpc) is 1.99. The van der Waals surface area contributed by atoms with E-state index in [-0.39, 0.29) is 0 Å². The fraction of sp³-hybridized carbons (Fsp3) is 0.200. The van der Waals surface area contributed by atoms with Crippen molar-refractivity contribution in [3.63, 3.8) is 0 Å². The van der Waals surface area contributed by atoms with Crippen molar-refractivity contribution < 1.29 is 4.92 Å². The number of nitro groups is 1. The van der Waals surface area contributed by atoms with Crippen LogP contribution in [0, 0.1) is 10.1 Å². The smallest absolute Gasteiger partial charge is 0.373 e. The molecule has 0 bridgehead atoms. The van der Waals surface area contributed by atoms with Crippen molar-refractivity contribution >= 4 is 11.5 Å². The van der Waals surface area contributed by atoms with Gasteiger partial charge in [0.15, 0.2) is 5.82 Å². The maximum Gasteiger partial charge on any atom is 0.373 e.